The zero-order valence-corrected chi connectivity index (χ0v) is 10.4. The van der Waals surface area contributed by atoms with Crippen LogP contribution in [0.4, 0.5) is 0 Å². The Kier molecular flexibility index (Phi) is 3.42. The molecule has 2 aromatic rings. The van der Waals surface area contributed by atoms with E-state index in [4.69, 9.17) is 11.6 Å². The first-order valence-electron chi connectivity index (χ1n) is 4.98. The first-order chi connectivity index (χ1) is 7.66. The fourth-order valence-corrected chi connectivity index (χ4v) is 2.31. The van der Waals surface area contributed by atoms with E-state index < -0.39 is 0 Å². The van der Waals surface area contributed by atoms with Crippen molar-refractivity contribution in [3.8, 4) is 0 Å². The quantitative estimate of drug-likeness (QED) is 0.749. The molecule has 2 rings (SSSR count). The van der Waals surface area contributed by atoms with E-state index in [9.17, 15) is 4.79 Å². The van der Waals surface area contributed by atoms with E-state index in [2.05, 4.69) is 0 Å². The smallest absolute Gasteiger partial charge is 0.168 e. The Hall–Kier alpha value is -1.12. The van der Waals surface area contributed by atoms with Gasteiger partial charge in [-0.3, -0.25) is 4.79 Å². The monoisotopic (exact) mass is 250 g/mol. The van der Waals surface area contributed by atoms with Crippen LogP contribution in [0.5, 0.6) is 0 Å². The summed E-state index contributed by atoms with van der Waals surface area (Å²) >= 11 is 7.53. The third kappa shape index (κ3) is 2.52. The first-order valence-corrected chi connectivity index (χ1v) is 6.24. The number of rotatable bonds is 3. The molecule has 82 valence electrons. The Labute approximate surface area is 104 Å². The van der Waals surface area contributed by atoms with Gasteiger partial charge in [0.15, 0.2) is 5.78 Å². The van der Waals surface area contributed by atoms with Gasteiger partial charge in [0.25, 0.3) is 0 Å². The maximum atomic E-state index is 11.9. The van der Waals surface area contributed by atoms with Crippen LogP contribution in [0.25, 0.3) is 0 Å². The van der Waals surface area contributed by atoms with Gasteiger partial charge in [-0.2, -0.15) is 0 Å². The molecule has 0 saturated heterocycles. The molecule has 1 heterocycles. The number of carbonyl (C=O) groups is 1. The summed E-state index contributed by atoms with van der Waals surface area (Å²) in [6, 6.07) is 9.34. The lowest BCUT2D eigenvalue weighted by Gasteiger charge is -2.02. The summed E-state index contributed by atoms with van der Waals surface area (Å²) < 4.78 is 0. The second-order valence-corrected chi connectivity index (χ2v) is 5.08. The molecule has 0 aliphatic carbocycles. The highest BCUT2D eigenvalue weighted by atomic mass is 35.5. The molecule has 0 aliphatic rings. The fourth-order valence-electron chi connectivity index (χ4n) is 1.49. The fraction of sp³-hybridized carbons (Fsp3) is 0.154. The van der Waals surface area contributed by atoms with Gasteiger partial charge >= 0.3 is 0 Å². The zero-order valence-electron chi connectivity index (χ0n) is 8.87. The lowest BCUT2D eigenvalue weighted by Crippen LogP contribution is -2.02. The molecule has 0 fully saturated rings. The van der Waals surface area contributed by atoms with Crippen molar-refractivity contribution in [2.75, 3.05) is 0 Å². The molecule has 0 radical (unpaired) electrons. The predicted molar refractivity (Wildman–Crippen MR) is 68.5 cm³/mol. The van der Waals surface area contributed by atoms with Crippen LogP contribution in [-0.4, -0.2) is 5.78 Å². The molecule has 3 heteroatoms. The summed E-state index contributed by atoms with van der Waals surface area (Å²) in [5, 5.41) is 2.68. The summed E-state index contributed by atoms with van der Waals surface area (Å²) in [6.45, 7) is 1.91. The molecule has 0 bridgehead atoms. The van der Waals surface area contributed by atoms with E-state index in [1.54, 1.807) is 23.5 Å². The minimum absolute atomic E-state index is 0.141. The highest BCUT2D eigenvalue weighted by Gasteiger charge is 2.08. The van der Waals surface area contributed by atoms with Gasteiger partial charge in [-0.05, 0) is 42.1 Å². The Morgan fingerprint density at radius 1 is 1.38 bits per heavy atom. The molecule has 1 aromatic heterocycles. The number of ketones is 1. The topological polar surface area (TPSA) is 17.1 Å². The van der Waals surface area contributed by atoms with Crippen LogP contribution in [-0.2, 0) is 6.42 Å². The Morgan fingerprint density at radius 3 is 2.81 bits per heavy atom. The largest absolute Gasteiger partial charge is 0.294 e. The highest BCUT2D eigenvalue weighted by molar-refractivity contribution is 7.10. The van der Waals surface area contributed by atoms with E-state index in [1.165, 1.54) is 0 Å². The molecule has 0 spiro atoms. The van der Waals surface area contributed by atoms with Crippen LogP contribution >= 0.6 is 22.9 Å². The molecular weight excluding hydrogens is 240 g/mol. The Balaban J connectivity index is 2.18. The second-order valence-electron chi connectivity index (χ2n) is 3.64. The van der Waals surface area contributed by atoms with Crippen molar-refractivity contribution in [2.45, 2.75) is 13.3 Å². The van der Waals surface area contributed by atoms with Gasteiger partial charge < -0.3 is 0 Å². The Bertz CT molecular complexity index is 503. The first kappa shape index (κ1) is 11.4. The maximum Gasteiger partial charge on any atom is 0.168 e. The predicted octanol–water partition coefficient (Wildman–Crippen LogP) is 4.14. The van der Waals surface area contributed by atoms with E-state index in [1.807, 2.05) is 30.5 Å². The van der Waals surface area contributed by atoms with Crippen LogP contribution in [0.3, 0.4) is 0 Å². The Morgan fingerprint density at radius 2 is 2.19 bits per heavy atom. The summed E-state index contributed by atoms with van der Waals surface area (Å²) in [4.78, 5) is 13.0. The molecule has 1 nitrogen and oxygen atoms in total. The van der Waals surface area contributed by atoms with Crippen molar-refractivity contribution in [1.29, 1.82) is 0 Å². The van der Waals surface area contributed by atoms with E-state index in [-0.39, 0.29) is 5.78 Å². The molecule has 0 saturated carbocycles. The SMILES string of the molecule is Cc1cc(C(=O)Cc2cccs2)ccc1Cl. The zero-order chi connectivity index (χ0) is 11.5. The van der Waals surface area contributed by atoms with Crippen LogP contribution < -0.4 is 0 Å². The number of Topliss-reactive ketones (excluding diaryl/α,β-unsaturated/α-hetero) is 1. The van der Waals surface area contributed by atoms with Gasteiger partial charge in [0.2, 0.25) is 0 Å². The van der Waals surface area contributed by atoms with Crippen molar-refractivity contribution in [1.82, 2.24) is 0 Å². The summed E-state index contributed by atoms with van der Waals surface area (Å²) in [6.07, 6.45) is 0.471. The average molecular weight is 251 g/mol. The minimum Gasteiger partial charge on any atom is -0.294 e. The van der Waals surface area contributed by atoms with Crippen molar-refractivity contribution < 1.29 is 4.79 Å². The van der Waals surface area contributed by atoms with Gasteiger partial charge in [-0.25, -0.2) is 0 Å². The molecule has 16 heavy (non-hydrogen) atoms. The van der Waals surface area contributed by atoms with Crippen LogP contribution in [0.2, 0.25) is 5.02 Å². The van der Waals surface area contributed by atoms with E-state index in [0.717, 1.165) is 16.0 Å². The molecule has 0 atom stereocenters. The summed E-state index contributed by atoms with van der Waals surface area (Å²) in [5.74, 6) is 0.141. The molecule has 1 aromatic carbocycles. The maximum absolute atomic E-state index is 11.9. The van der Waals surface area contributed by atoms with Crippen LogP contribution in [0, 0.1) is 6.92 Å². The lowest BCUT2D eigenvalue weighted by molar-refractivity contribution is 0.0994. The highest BCUT2D eigenvalue weighted by Crippen LogP contribution is 2.18. The number of benzene rings is 1. The van der Waals surface area contributed by atoms with Crippen molar-refractivity contribution in [3.05, 3.63) is 56.7 Å². The van der Waals surface area contributed by atoms with Crippen LogP contribution in [0.15, 0.2) is 35.7 Å². The average Bonchev–Trinajstić information content (AvgIpc) is 2.74. The third-order valence-electron chi connectivity index (χ3n) is 2.39. The van der Waals surface area contributed by atoms with E-state index in [0.29, 0.717) is 11.4 Å². The standard InChI is InChI=1S/C13H11ClOS/c1-9-7-10(4-5-12(9)14)13(15)8-11-3-2-6-16-11/h2-7H,8H2,1H3. The van der Waals surface area contributed by atoms with E-state index >= 15 is 0 Å². The number of halogens is 1. The summed E-state index contributed by atoms with van der Waals surface area (Å²) in [7, 11) is 0. The normalized spacial score (nSPS) is 10.4. The van der Waals surface area contributed by atoms with Crippen molar-refractivity contribution in [2.24, 2.45) is 0 Å². The number of thiophene rings is 1. The molecular formula is C13H11ClOS. The number of carbonyl (C=O) groups excluding carboxylic acids is 1. The van der Waals surface area contributed by atoms with Gasteiger partial charge in [0, 0.05) is 21.9 Å². The van der Waals surface area contributed by atoms with Crippen LogP contribution in [0.1, 0.15) is 20.8 Å². The number of hydrogen-bond acceptors (Lipinski definition) is 2. The molecule has 0 N–H and O–H groups in total. The van der Waals surface area contributed by atoms with Crippen molar-refractivity contribution in [3.63, 3.8) is 0 Å². The molecule has 0 amide bonds. The van der Waals surface area contributed by atoms with Gasteiger partial charge in [0.1, 0.15) is 0 Å². The van der Waals surface area contributed by atoms with Crippen molar-refractivity contribution >= 4 is 28.7 Å². The van der Waals surface area contributed by atoms with Gasteiger partial charge in [0.05, 0.1) is 0 Å². The van der Waals surface area contributed by atoms with Gasteiger partial charge in [-0.15, -0.1) is 11.3 Å². The minimum atomic E-state index is 0.141. The number of hydrogen-bond donors (Lipinski definition) is 0. The van der Waals surface area contributed by atoms with Gasteiger partial charge in [-0.1, -0.05) is 17.7 Å². The molecule has 0 aliphatic heterocycles. The summed E-state index contributed by atoms with van der Waals surface area (Å²) in [5.41, 5.74) is 1.67. The number of aryl methyl sites for hydroxylation is 1. The second kappa shape index (κ2) is 4.81. The lowest BCUT2D eigenvalue weighted by atomic mass is 10.1. The molecule has 0 unspecified atom stereocenters. The third-order valence-corrected chi connectivity index (χ3v) is 3.70.